The minimum atomic E-state index is 0.974. The van der Waals surface area contributed by atoms with Gasteiger partial charge in [-0.2, -0.15) is 11.8 Å². The Morgan fingerprint density at radius 3 is 2.77 bits per heavy atom. The Kier molecular flexibility index (Phi) is 5.88. The summed E-state index contributed by atoms with van der Waals surface area (Å²) in [6.07, 6.45) is 5.86. The van der Waals surface area contributed by atoms with E-state index in [1.165, 1.54) is 43.7 Å². The molecule has 1 nitrogen and oxygen atoms in total. The van der Waals surface area contributed by atoms with Gasteiger partial charge in [0.15, 0.2) is 0 Å². The number of hydrogen-bond acceptors (Lipinski definition) is 2. The molecule has 1 rings (SSSR count). The molecule has 0 heterocycles. The van der Waals surface area contributed by atoms with Crippen molar-refractivity contribution >= 4 is 11.8 Å². The summed E-state index contributed by atoms with van der Waals surface area (Å²) in [6.45, 7) is 3.49. The lowest BCUT2D eigenvalue weighted by molar-refractivity contribution is 0.369. The molecule has 1 N–H and O–H groups in total. The highest BCUT2D eigenvalue weighted by Gasteiger charge is 2.25. The first kappa shape index (κ1) is 11.4. The van der Waals surface area contributed by atoms with Crippen molar-refractivity contribution in [2.45, 2.75) is 32.6 Å². The predicted molar refractivity (Wildman–Crippen MR) is 62.4 cm³/mol. The maximum absolute atomic E-state index is 3.32. The number of nitrogens with one attached hydrogen (secondary N) is 1. The lowest BCUT2D eigenvalue weighted by Crippen LogP contribution is -2.22. The van der Waals surface area contributed by atoms with Gasteiger partial charge in [-0.3, -0.25) is 0 Å². The molecule has 0 aromatic heterocycles. The van der Waals surface area contributed by atoms with Crippen LogP contribution in [0.1, 0.15) is 32.6 Å². The van der Waals surface area contributed by atoms with Crippen LogP contribution < -0.4 is 5.32 Å². The zero-order valence-electron chi connectivity index (χ0n) is 9.01. The first-order valence-electron chi connectivity index (χ1n) is 5.60. The molecule has 0 saturated heterocycles. The molecule has 2 atom stereocenters. The lowest BCUT2D eigenvalue weighted by Gasteiger charge is -2.18. The van der Waals surface area contributed by atoms with Gasteiger partial charge in [0.25, 0.3) is 0 Å². The summed E-state index contributed by atoms with van der Waals surface area (Å²) in [5, 5.41) is 3.32. The van der Waals surface area contributed by atoms with Crippen molar-refractivity contribution in [3.63, 3.8) is 0 Å². The number of hydrogen-bond donors (Lipinski definition) is 1. The van der Waals surface area contributed by atoms with Crippen LogP contribution in [-0.4, -0.2) is 25.1 Å². The zero-order chi connectivity index (χ0) is 9.52. The van der Waals surface area contributed by atoms with Crippen LogP contribution in [0.15, 0.2) is 0 Å². The Bertz CT molecular complexity index is 127. The largest absolute Gasteiger partial charge is 0.319 e. The first-order valence-corrected chi connectivity index (χ1v) is 6.76. The molecule has 0 aliphatic heterocycles. The summed E-state index contributed by atoms with van der Waals surface area (Å²) in [7, 11) is 2.08. The van der Waals surface area contributed by atoms with Crippen molar-refractivity contribution in [1.29, 1.82) is 0 Å². The number of thioether (sulfide) groups is 1. The Labute approximate surface area is 87.1 Å². The van der Waals surface area contributed by atoms with Gasteiger partial charge in [-0.05, 0) is 49.8 Å². The molecule has 1 fully saturated rings. The summed E-state index contributed by atoms with van der Waals surface area (Å²) >= 11 is 2.09. The fourth-order valence-corrected chi connectivity index (χ4v) is 3.16. The highest BCUT2D eigenvalue weighted by molar-refractivity contribution is 7.99. The minimum absolute atomic E-state index is 0.974. The molecule has 2 heteroatoms. The highest BCUT2D eigenvalue weighted by atomic mass is 32.2. The lowest BCUT2D eigenvalue weighted by atomic mass is 9.94. The van der Waals surface area contributed by atoms with E-state index in [1.807, 2.05) is 0 Å². The fraction of sp³-hybridized carbons (Fsp3) is 1.00. The third-order valence-electron chi connectivity index (χ3n) is 3.12. The van der Waals surface area contributed by atoms with E-state index in [0.717, 1.165) is 11.8 Å². The fourth-order valence-electron chi connectivity index (χ4n) is 2.40. The Morgan fingerprint density at radius 1 is 1.31 bits per heavy atom. The molecule has 78 valence electrons. The average Bonchev–Trinajstić information content (AvgIpc) is 2.54. The van der Waals surface area contributed by atoms with E-state index in [1.54, 1.807) is 0 Å². The van der Waals surface area contributed by atoms with Crippen LogP contribution >= 0.6 is 11.8 Å². The van der Waals surface area contributed by atoms with E-state index in [2.05, 4.69) is 31.1 Å². The second kappa shape index (κ2) is 6.72. The van der Waals surface area contributed by atoms with Gasteiger partial charge in [-0.15, -0.1) is 0 Å². The molecule has 1 aliphatic carbocycles. The molecular weight excluding hydrogens is 178 g/mol. The van der Waals surface area contributed by atoms with Gasteiger partial charge in [0.1, 0.15) is 0 Å². The van der Waals surface area contributed by atoms with Crippen molar-refractivity contribution in [1.82, 2.24) is 5.32 Å². The van der Waals surface area contributed by atoms with Crippen molar-refractivity contribution in [2.24, 2.45) is 11.8 Å². The SMILES string of the molecule is CCSCCC1CCCC1CNC. The molecule has 13 heavy (non-hydrogen) atoms. The Morgan fingerprint density at radius 2 is 2.08 bits per heavy atom. The van der Waals surface area contributed by atoms with Crippen LogP contribution in [0.5, 0.6) is 0 Å². The van der Waals surface area contributed by atoms with Gasteiger partial charge in [-0.1, -0.05) is 19.8 Å². The van der Waals surface area contributed by atoms with Crippen LogP contribution in [0, 0.1) is 11.8 Å². The van der Waals surface area contributed by atoms with E-state index in [4.69, 9.17) is 0 Å². The third kappa shape index (κ3) is 3.90. The maximum Gasteiger partial charge on any atom is -0.00209 e. The van der Waals surface area contributed by atoms with E-state index in [9.17, 15) is 0 Å². The van der Waals surface area contributed by atoms with E-state index in [-0.39, 0.29) is 0 Å². The Balaban J connectivity index is 2.15. The van der Waals surface area contributed by atoms with Crippen LogP contribution in [0.4, 0.5) is 0 Å². The smallest absolute Gasteiger partial charge is 0.00209 e. The number of rotatable bonds is 6. The van der Waals surface area contributed by atoms with Gasteiger partial charge in [0.2, 0.25) is 0 Å². The zero-order valence-corrected chi connectivity index (χ0v) is 9.83. The summed E-state index contributed by atoms with van der Waals surface area (Å²) in [5.74, 6) is 4.65. The molecule has 1 saturated carbocycles. The van der Waals surface area contributed by atoms with Crippen LogP contribution in [-0.2, 0) is 0 Å². The molecule has 0 bridgehead atoms. The minimum Gasteiger partial charge on any atom is -0.319 e. The quantitative estimate of drug-likeness (QED) is 0.663. The summed E-state index contributed by atoms with van der Waals surface area (Å²) in [4.78, 5) is 0. The molecule has 0 amide bonds. The predicted octanol–water partition coefficient (Wildman–Crippen LogP) is 2.77. The van der Waals surface area contributed by atoms with E-state index >= 15 is 0 Å². The molecule has 0 spiro atoms. The van der Waals surface area contributed by atoms with Gasteiger partial charge in [-0.25, -0.2) is 0 Å². The maximum atomic E-state index is 3.32. The molecule has 0 aromatic carbocycles. The van der Waals surface area contributed by atoms with Gasteiger partial charge < -0.3 is 5.32 Å². The second-order valence-corrected chi connectivity index (χ2v) is 5.39. The summed E-state index contributed by atoms with van der Waals surface area (Å²) in [6, 6.07) is 0. The van der Waals surface area contributed by atoms with E-state index in [0.29, 0.717) is 0 Å². The molecular formula is C11H23NS. The topological polar surface area (TPSA) is 12.0 Å². The van der Waals surface area contributed by atoms with Crippen molar-refractivity contribution in [3.05, 3.63) is 0 Å². The van der Waals surface area contributed by atoms with Crippen LogP contribution in [0.2, 0.25) is 0 Å². The van der Waals surface area contributed by atoms with Crippen molar-refractivity contribution in [2.75, 3.05) is 25.1 Å². The first-order chi connectivity index (χ1) is 6.38. The monoisotopic (exact) mass is 201 g/mol. The van der Waals surface area contributed by atoms with E-state index < -0.39 is 0 Å². The van der Waals surface area contributed by atoms with Gasteiger partial charge in [0.05, 0.1) is 0 Å². The molecule has 1 aliphatic rings. The molecule has 0 radical (unpaired) electrons. The molecule has 2 unspecified atom stereocenters. The normalized spacial score (nSPS) is 28.2. The van der Waals surface area contributed by atoms with Crippen molar-refractivity contribution < 1.29 is 0 Å². The second-order valence-electron chi connectivity index (χ2n) is 3.99. The Hall–Kier alpha value is 0.310. The molecule has 0 aromatic rings. The van der Waals surface area contributed by atoms with Crippen LogP contribution in [0.25, 0.3) is 0 Å². The summed E-state index contributed by atoms with van der Waals surface area (Å²) in [5.41, 5.74) is 0. The average molecular weight is 201 g/mol. The third-order valence-corrected chi connectivity index (χ3v) is 4.05. The summed E-state index contributed by atoms with van der Waals surface area (Å²) < 4.78 is 0. The van der Waals surface area contributed by atoms with Crippen molar-refractivity contribution in [3.8, 4) is 0 Å². The standard InChI is InChI=1S/C11H23NS/c1-3-13-8-7-10-5-4-6-11(10)9-12-2/h10-12H,3-9H2,1-2H3. The van der Waals surface area contributed by atoms with Crippen LogP contribution in [0.3, 0.4) is 0 Å². The van der Waals surface area contributed by atoms with Gasteiger partial charge >= 0.3 is 0 Å². The van der Waals surface area contributed by atoms with Gasteiger partial charge in [0, 0.05) is 0 Å². The highest BCUT2D eigenvalue weighted by Crippen LogP contribution is 2.34.